The van der Waals surface area contributed by atoms with E-state index in [4.69, 9.17) is 4.74 Å². The minimum Gasteiger partial charge on any atom is -0.507 e. The Kier molecular flexibility index (Phi) is 5.21. The third-order valence-electron chi connectivity index (χ3n) is 6.10. The molecule has 2 aliphatic heterocycles. The molecule has 6 heteroatoms. The van der Waals surface area contributed by atoms with Crippen LogP contribution in [0.3, 0.4) is 0 Å². The van der Waals surface area contributed by atoms with Crippen molar-refractivity contribution in [3.05, 3.63) is 106 Å². The largest absolute Gasteiger partial charge is 0.507 e. The second-order valence-electron chi connectivity index (χ2n) is 8.39. The van der Waals surface area contributed by atoms with E-state index in [1.165, 1.54) is 17.0 Å². The first-order chi connectivity index (χ1) is 15.9. The van der Waals surface area contributed by atoms with Gasteiger partial charge in [0.05, 0.1) is 11.6 Å². The summed E-state index contributed by atoms with van der Waals surface area (Å²) in [6.07, 6.45) is 0.697. The van der Waals surface area contributed by atoms with E-state index in [0.29, 0.717) is 12.0 Å². The van der Waals surface area contributed by atoms with Crippen LogP contribution in [0.2, 0.25) is 0 Å². The van der Waals surface area contributed by atoms with Gasteiger partial charge in [0.15, 0.2) is 0 Å². The summed E-state index contributed by atoms with van der Waals surface area (Å²) in [6.45, 7) is 2.06. The Labute approximate surface area is 190 Å². The monoisotopic (exact) mass is 443 g/mol. The maximum absolute atomic E-state index is 14.9. The number of carbonyl (C=O) groups excluding carboxylic acids is 2. The smallest absolute Gasteiger partial charge is 0.295 e. The molecule has 5 rings (SSSR count). The van der Waals surface area contributed by atoms with E-state index in [-0.39, 0.29) is 29.5 Å². The highest BCUT2D eigenvalue weighted by Crippen LogP contribution is 2.42. The average Bonchev–Trinajstić information content (AvgIpc) is 3.31. The van der Waals surface area contributed by atoms with E-state index in [1.807, 2.05) is 37.3 Å². The number of likely N-dealkylation sites (tertiary alicyclic amines) is 1. The summed E-state index contributed by atoms with van der Waals surface area (Å²) < 4.78 is 20.6. The second-order valence-corrected chi connectivity index (χ2v) is 8.39. The Hall–Kier alpha value is -3.93. The van der Waals surface area contributed by atoms with Gasteiger partial charge in [0.2, 0.25) is 0 Å². The van der Waals surface area contributed by atoms with Crippen LogP contribution < -0.4 is 4.74 Å². The molecule has 0 bridgehead atoms. The van der Waals surface area contributed by atoms with Gasteiger partial charge in [0.1, 0.15) is 23.4 Å². The van der Waals surface area contributed by atoms with Crippen LogP contribution in [0.25, 0.3) is 5.76 Å². The number of amides is 1. The number of carbonyl (C=O) groups is 2. The molecule has 1 saturated heterocycles. The summed E-state index contributed by atoms with van der Waals surface area (Å²) in [4.78, 5) is 27.5. The Morgan fingerprint density at radius 2 is 1.79 bits per heavy atom. The molecule has 2 aliphatic rings. The molecule has 1 fully saturated rings. The first-order valence-corrected chi connectivity index (χ1v) is 10.8. The molecule has 166 valence electrons. The van der Waals surface area contributed by atoms with Gasteiger partial charge in [-0.05, 0) is 42.3 Å². The lowest BCUT2D eigenvalue weighted by Gasteiger charge is -2.25. The summed E-state index contributed by atoms with van der Waals surface area (Å²) in [6, 6.07) is 19.3. The Bertz CT molecular complexity index is 1280. The molecule has 0 aromatic heterocycles. The lowest BCUT2D eigenvalue weighted by atomic mass is 9.94. The Balaban J connectivity index is 1.65. The number of rotatable bonds is 4. The molecule has 2 atom stereocenters. The van der Waals surface area contributed by atoms with Crippen molar-refractivity contribution in [3.8, 4) is 5.75 Å². The summed E-state index contributed by atoms with van der Waals surface area (Å²) in [7, 11) is 0. The van der Waals surface area contributed by atoms with Gasteiger partial charge >= 0.3 is 0 Å². The van der Waals surface area contributed by atoms with Gasteiger partial charge in [0, 0.05) is 24.1 Å². The number of hydrogen-bond donors (Lipinski definition) is 1. The number of Topliss-reactive ketones (excluding diaryl/α,β-unsaturated/α-hetero) is 1. The summed E-state index contributed by atoms with van der Waals surface area (Å²) in [5.74, 6) is -1.74. The van der Waals surface area contributed by atoms with Crippen molar-refractivity contribution < 1.29 is 23.8 Å². The number of aliphatic hydroxyl groups is 1. The van der Waals surface area contributed by atoms with E-state index < -0.39 is 23.5 Å². The number of aliphatic hydroxyl groups excluding tert-OH is 1. The number of hydrogen-bond acceptors (Lipinski definition) is 4. The maximum Gasteiger partial charge on any atom is 0.295 e. The van der Waals surface area contributed by atoms with Crippen LogP contribution in [0, 0.1) is 5.82 Å². The lowest BCUT2D eigenvalue weighted by molar-refractivity contribution is -0.140. The molecule has 33 heavy (non-hydrogen) atoms. The zero-order valence-corrected chi connectivity index (χ0v) is 18.0. The Morgan fingerprint density at radius 1 is 1.06 bits per heavy atom. The molecular weight excluding hydrogens is 421 g/mol. The molecule has 3 aromatic rings. The first-order valence-electron chi connectivity index (χ1n) is 10.8. The predicted octanol–water partition coefficient (Wildman–Crippen LogP) is 4.77. The first kappa shape index (κ1) is 20.9. The van der Waals surface area contributed by atoms with Gasteiger partial charge < -0.3 is 14.7 Å². The van der Waals surface area contributed by atoms with E-state index in [0.717, 1.165) is 16.9 Å². The molecule has 0 aliphatic carbocycles. The second kappa shape index (κ2) is 8.20. The summed E-state index contributed by atoms with van der Waals surface area (Å²) >= 11 is 0. The fourth-order valence-corrected chi connectivity index (χ4v) is 4.57. The molecule has 0 spiro atoms. The number of halogens is 1. The zero-order valence-electron chi connectivity index (χ0n) is 18.0. The normalized spacial score (nSPS) is 21.2. The highest BCUT2D eigenvalue weighted by atomic mass is 19.1. The highest BCUT2D eigenvalue weighted by Gasteiger charge is 2.47. The van der Waals surface area contributed by atoms with Gasteiger partial charge in [0.25, 0.3) is 11.7 Å². The predicted molar refractivity (Wildman–Crippen MR) is 121 cm³/mol. The molecule has 2 heterocycles. The number of fused-ring (bicyclic) bond motifs is 1. The van der Waals surface area contributed by atoms with Crippen molar-refractivity contribution in [2.24, 2.45) is 0 Å². The van der Waals surface area contributed by atoms with Crippen LogP contribution in [0.4, 0.5) is 4.39 Å². The zero-order chi connectivity index (χ0) is 23.1. The van der Waals surface area contributed by atoms with Crippen molar-refractivity contribution >= 4 is 17.4 Å². The molecule has 1 amide bonds. The molecule has 0 radical (unpaired) electrons. The quantitative estimate of drug-likeness (QED) is 0.358. The standard InChI is InChI=1S/C27H22FNO4/c1-16-13-19-14-18(11-12-22(19)33-16)25(30)23-24(20-9-5-6-10-21(20)28)29(27(32)26(23)31)15-17-7-3-2-4-8-17/h2-12,14,16,24,30H,13,15H2,1H3/b25-23+/t16-,24+/m0/s1. The van der Waals surface area contributed by atoms with Gasteiger partial charge in [-0.2, -0.15) is 0 Å². The van der Waals surface area contributed by atoms with E-state index >= 15 is 0 Å². The van der Waals surface area contributed by atoms with Gasteiger partial charge in [-0.25, -0.2) is 4.39 Å². The van der Waals surface area contributed by atoms with Crippen LogP contribution in [0.1, 0.15) is 35.2 Å². The molecule has 0 saturated carbocycles. The SMILES string of the molecule is C[C@H]1Cc2cc(/C(O)=C3\C(=O)C(=O)N(Cc4ccccc4)[C@@H]3c3ccccc3F)ccc2O1. The van der Waals surface area contributed by atoms with Crippen molar-refractivity contribution in [1.82, 2.24) is 4.90 Å². The number of ether oxygens (including phenoxy) is 1. The topological polar surface area (TPSA) is 66.8 Å². The fourth-order valence-electron chi connectivity index (χ4n) is 4.57. The molecule has 0 unspecified atom stereocenters. The average molecular weight is 443 g/mol. The molecular formula is C27H22FNO4. The van der Waals surface area contributed by atoms with E-state index in [2.05, 4.69) is 0 Å². The van der Waals surface area contributed by atoms with Crippen molar-refractivity contribution in [2.75, 3.05) is 0 Å². The van der Waals surface area contributed by atoms with Crippen LogP contribution in [-0.2, 0) is 22.6 Å². The minimum atomic E-state index is -1.05. The van der Waals surface area contributed by atoms with Crippen LogP contribution in [0.5, 0.6) is 5.75 Å². The summed E-state index contributed by atoms with van der Waals surface area (Å²) in [5, 5.41) is 11.2. The van der Waals surface area contributed by atoms with E-state index in [1.54, 1.807) is 30.3 Å². The lowest BCUT2D eigenvalue weighted by Crippen LogP contribution is -2.29. The van der Waals surface area contributed by atoms with Crippen LogP contribution in [-0.4, -0.2) is 27.8 Å². The molecule has 1 N–H and O–H groups in total. The number of nitrogens with zero attached hydrogens (tertiary/aromatic N) is 1. The highest BCUT2D eigenvalue weighted by molar-refractivity contribution is 6.46. The maximum atomic E-state index is 14.9. The number of benzene rings is 3. The number of ketones is 1. The van der Waals surface area contributed by atoms with Gasteiger partial charge in [-0.15, -0.1) is 0 Å². The third-order valence-corrected chi connectivity index (χ3v) is 6.10. The van der Waals surface area contributed by atoms with Crippen molar-refractivity contribution in [3.63, 3.8) is 0 Å². The van der Waals surface area contributed by atoms with Crippen LogP contribution >= 0.6 is 0 Å². The minimum absolute atomic E-state index is 0.0206. The third kappa shape index (κ3) is 3.67. The van der Waals surface area contributed by atoms with Crippen molar-refractivity contribution in [2.45, 2.75) is 32.0 Å². The molecule has 3 aromatic carbocycles. The summed E-state index contributed by atoms with van der Waals surface area (Å²) in [5.41, 5.74) is 2.14. The fraction of sp³-hybridized carbons (Fsp3) is 0.185. The van der Waals surface area contributed by atoms with Gasteiger partial charge in [-0.3, -0.25) is 9.59 Å². The van der Waals surface area contributed by atoms with Gasteiger partial charge in [-0.1, -0.05) is 48.5 Å². The Morgan fingerprint density at radius 3 is 2.55 bits per heavy atom. The van der Waals surface area contributed by atoms with E-state index in [9.17, 15) is 19.1 Å². The van der Waals surface area contributed by atoms with Crippen molar-refractivity contribution in [1.29, 1.82) is 0 Å². The van der Waals surface area contributed by atoms with Crippen LogP contribution in [0.15, 0.2) is 78.4 Å². The molecule has 5 nitrogen and oxygen atoms in total.